The molecule has 0 aliphatic heterocycles. The number of carbonyl (C=O) groups excluding carboxylic acids is 1. The first-order chi connectivity index (χ1) is 5.57. The highest BCUT2D eigenvalue weighted by Gasteiger charge is 2.10. The van der Waals surface area contributed by atoms with Gasteiger partial charge in [0.05, 0.1) is 4.43 Å². The van der Waals surface area contributed by atoms with Gasteiger partial charge in [0.15, 0.2) is 0 Å². The Labute approximate surface area is 83.8 Å². The zero-order chi connectivity index (χ0) is 9.56. The zero-order valence-electron chi connectivity index (χ0n) is 6.42. The minimum absolute atomic E-state index is 0.104. The van der Waals surface area contributed by atoms with Gasteiger partial charge in [-0.15, -0.1) is 0 Å². The van der Waals surface area contributed by atoms with Crippen LogP contribution in [0.15, 0.2) is 0 Å². The number of amides is 1. The number of carbonyl (C=O) groups is 2. The maximum atomic E-state index is 10.7. The molecule has 0 aromatic heterocycles. The molecule has 0 radical (unpaired) electrons. The van der Waals surface area contributed by atoms with Crippen molar-refractivity contribution in [1.29, 1.82) is 0 Å². The number of hydrogen-bond acceptors (Lipinski definition) is 3. The molecule has 0 aromatic carbocycles. The number of nitrogens with one attached hydrogen (secondary N) is 1. The Morgan fingerprint density at radius 1 is 1.58 bits per heavy atom. The zero-order valence-corrected chi connectivity index (χ0v) is 8.58. The second kappa shape index (κ2) is 6.18. The van der Waals surface area contributed by atoms with Crippen LogP contribution in [0.25, 0.3) is 0 Å². The standard InChI is InChI=1S/C6H11IN2O3/c7-3-5(10)9-2-1-4(8)6(11)12/h4H,1-3,8H2,(H,9,10)(H,11,12)/t4-/m0/s1. The smallest absolute Gasteiger partial charge is 0.320 e. The molecule has 0 rings (SSSR count). The van der Waals surface area contributed by atoms with E-state index in [1.165, 1.54) is 0 Å². The molecule has 0 aliphatic rings. The number of hydrogen-bond donors (Lipinski definition) is 3. The van der Waals surface area contributed by atoms with Gasteiger partial charge in [-0.3, -0.25) is 9.59 Å². The van der Waals surface area contributed by atoms with Crippen molar-refractivity contribution in [2.24, 2.45) is 5.73 Å². The van der Waals surface area contributed by atoms with Crippen molar-refractivity contribution in [3.8, 4) is 0 Å². The Hall–Kier alpha value is -0.370. The number of rotatable bonds is 5. The molecule has 1 atom stereocenters. The topological polar surface area (TPSA) is 92.4 Å². The summed E-state index contributed by atoms with van der Waals surface area (Å²) < 4.78 is 0.375. The molecule has 0 fully saturated rings. The van der Waals surface area contributed by atoms with Crippen LogP contribution >= 0.6 is 22.6 Å². The van der Waals surface area contributed by atoms with Gasteiger partial charge in [0, 0.05) is 6.54 Å². The Bertz CT molecular complexity index is 174. The van der Waals surface area contributed by atoms with E-state index in [2.05, 4.69) is 5.32 Å². The van der Waals surface area contributed by atoms with Crippen LogP contribution in [0.4, 0.5) is 0 Å². The van der Waals surface area contributed by atoms with Crippen molar-refractivity contribution < 1.29 is 14.7 Å². The number of nitrogens with two attached hydrogens (primary N) is 1. The van der Waals surface area contributed by atoms with Crippen molar-refractivity contribution in [2.75, 3.05) is 11.0 Å². The van der Waals surface area contributed by atoms with Gasteiger partial charge in [0.25, 0.3) is 0 Å². The van der Waals surface area contributed by atoms with Crippen LogP contribution in [0.5, 0.6) is 0 Å². The lowest BCUT2D eigenvalue weighted by Gasteiger charge is -2.06. The first-order valence-corrected chi connectivity index (χ1v) is 4.91. The van der Waals surface area contributed by atoms with Gasteiger partial charge < -0.3 is 16.2 Å². The van der Waals surface area contributed by atoms with Gasteiger partial charge in [-0.1, -0.05) is 22.6 Å². The van der Waals surface area contributed by atoms with Crippen molar-refractivity contribution in [2.45, 2.75) is 12.5 Å². The summed E-state index contributed by atoms with van der Waals surface area (Å²) in [4.78, 5) is 20.9. The molecule has 0 bridgehead atoms. The fraction of sp³-hybridized carbons (Fsp3) is 0.667. The van der Waals surface area contributed by atoms with E-state index in [1.54, 1.807) is 0 Å². The second-order valence-electron chi connectivity index (χ2n) is 2.22. The van der Waals surface area contributed by atoms with Crippen LogP contribution in [0.3, 0.4) is 0 Å². The molecular formula is C6H11IN2O3. The fourth-order valence-electron chi connectivity index (χ4n) is 0.538. The fourth-order valence-corrected chi connectivity index (χ4v) is 0.807. The van der Waals surface area contributed by atoms with Crippen LogP contribution in [-0.2, 0) is 9.59 Å². The number of halogens is 1. The van der Waals surface area contributed by atoms with Gasteiger partial charge in [-0.25, -0.2) is 0 Å². The molecule has 0 aromatic rings. The third kappa shape index (κ3) is 5.30. The molecule has 0 aliphatic carbocycles. The number of aliphatic carboxylic acids is 1. The summed E-state index contributed by atoms with van der Waals surface area (Å²) in [5, 5.41) is 10.9. The summed E-state index contributed by atoms with van der Waals surface area (Å²) in [7, 11) is 0. The van der Waals surface area contributed by atoms with E-state index in [0.29, 0.717) is 11.0 Å². The van der Waals surface area contributed by atoms with E-state index in [1.807, 2.05) is 22.6 Å². The van der Waals surface area contributed by atoms with E-state index < -0.39 is 12.0 Å². The monoisotopic (exact) mass is 286 g/mol. The lowest BCUT2D eigenvalue weighted by atomic mass is 10.2. The molecule has 6 heteroatoms. The summed E-state index contributed by atoms with van der Waals surface area (Å²) in [5.74, 6) is -1.15. The molecule has 5 nitrogen and oxygen atoms in total. The lowest BCUT2D eigenvalue weighted by molar-refractivity contribution is -0.138. The summed E-state index contributed by atoms with van der Waals surface area (Å²) in [6, 6.07) is -0.889. The van der Waals surface area contributed by atoms with E-state index in [9.17, 15) is 9.59 Å². The van der Waals surface area contributed by atoms with Crippen molar-refractivity contribution >= 4 is 34.5 Å². The molecule has 0 unspecified atom stereocenters. The second-order valence-corrected chi connectivity index (χ2v) is 2.98. The highest BCUT2D eigenvalue weighted by atomic mass is 127. The molecule has 0 spiro atoms. The molecular weight excluding hydrogens is 275 g/mol. The molecule has 0 heterocycles. The Morgan fingerprint density at radius 2 is 2.17 bits per heavy atom. The molecule has 4 N–H and O–H groups in total. The normalized spacial score (nSPS) is 12.2. The van der Waals surface area contributed by atoms with Gasteiger partial charge >= 0.3 is 5.97 Å². The van der Waals surface area contributed by atoms with Crippen LogP contribution in [-0.4, -0.2) is 34.0 Å². The van der Waals surface area contributed by atoms with Crippen molar-refractivity contribution in [3.63, 3.8) is 0 Å². The largest absolute Gasteiger partial charge is 0.480 e. The predicted octanol–water partition coefficient (Wildman–Crippen LogP) is -0.660. The maximum Gasteiger partial charge on any atom is 0.320 e. The lowest BCUT2D eigenvalue weighted by Crippen LogP contribution is -2.35. The average molecular weight is 286 g/mol. The number of carboxylic acid groups (broad SMARTS) is 1. The van der Waals surface area contributed by atoms with E-state index in [0.717, 1.165) is 0 Å². The first kappa shape index (κ1) is 11.6. The SMILES string of the molecule is N[C@@H](CCNC(=O)CI)C(=O)O. The highest BCUT2D eigenvalue weighted by molar-refractivity contribution is 14.1. The third-order valence-corrected chi connectivity index (χ3v) is 1.91. The minimum Gasteiger partial charge on any atom is -0.480 e. The quantitative estimate of drug-likeness (QED) is 0.462. The van der Waals surface area contributed by atoms with Gasteiger partial charge in [0.1, 0.15) is 6.04 Å². The van der Waals surface area contributed by atoms with Crippen molar-refractivity contribution in [1.82, 2.24) is 5.32 Å². The van der Waals surface area contributed by atoms with Gasteiger partial charge in [-0.05, 0) is 6.42 Å². The predicted molar refractivity (Wildman–Crippen MR) is 52.1 cm³/mol. The van der Waals surface area contributed by atoms with E-state index in [4.69, 9.17) is 10.8 Å². The van der Waals surface area contributed by atoms with E-state index >= 15 is 0 Å². The van der Waals surface area contributed by atoms with Gasteiger partial charge in [-0.2, -0.15) is 0 Å². The summed E-state index contributed by atoms with van der Waals surface area (Å²) in [5.41, 5.74) is 5.19. The summed E-state index contributed by atoms with van der Waals surface area (Å²) in [6.07, 6.45) is 0.262. The number of carboxylic acids is 1. The van der Waals surface area contributed by atoms with Crippen LogP contribution in [0.1, 0.15) is 6.42 Å². The van der Waals surface area contributed by atoms with Crippen LogP contribution < -0.4 is 11.1 Å². The average Bonchev–Trinajstić information content (AvgIpc) is 2.03. The molecule has 70 valence electrons. The molecule has 0 saturated carbocycles. The molecule has 12 heavy (non-hydrogen) atoms. The number of alkyl halides is 1. The third-order valence-electron chi connectivity index (χ3n) is 1.22. The summed E-state index contributed by atoms with van der Waals surface area (Å²) >= 11 is 1.92. The Balaban J connectivity index is 3.43. The highest BCUT2D eigenvalue weighted by Crippen LogP contribution is 1.86. The van der Waals surface area contributed by atoms with Gasteiger partial charge in [0.2, 0.25) is 5.91 Å². The van der Waals surface area contributed by atoms with Crippen LogP contribution in [0.2, 0.25) is 0 Å². The summed E-state index contributed by atoms with van der Waals surface area (Å²) in [6.45, 7) is 0.315. The molecule has 0 saturated heterocycles. The first-order valence-electron chi connectivity index (χ1n) is 3.39. The van der Waals surface area contributed by atoms with Crippen molar-refractivity contribution in [3.05, 3.63) is 0 Å². The Morgan fingerprint density at radius 3 is 2.58 bits per heavy atom. The minimum atomic E-state index is -1.04. The Kier molecular flexibility index (Phi) is 5.99. The maximum absolute atomic E-state index is 10.7. The van der Waals surface area contributed by atoms with Crippen LogP contribution in [0, 0.1) is 0 Å². The van der Waals surface area contributed by atoms with E-state index in [-0.39, 0.29) is 12.3 Å². The molecule has 1 amide bonds.